The van der Waals surface area contributed by atoms with Crippen molar-refractivity contribution in [2.75, 3.05) is 43.0 Å². The first-order valence-electron chi connectivity index (χ1n) is 8.12. The van der Waals surface area contributed by atoms with Gasteiger partial charge < -0.3 is 4.90 Å². The summed E-state index contributed by atoms with van der Waals surface area (Å²) < 4.78 is 0. The zero-order chi connectivity index (χ0) is 14.5. The molecule has 1 aromatic heterocycles. The summed E-state index contributed by atoms with van der Waals surface area (Å²) in [6.07, 6.45) is 10.7. The lowest BCUT2D eigenvalue weighted by atomic mass is 9.75. The maximum atomic E-state index is 4.36. The zero-order valence-electron chi connectivity index (χ0n) is 12.7. The number of aromatic nitrogens is 2. The molecule has 1 saturated carbocycles. The number of alkyl halides is 1. The minimum atomic E-state index is 0.518. The maximum absolute atomic E-state index is 4.36. The molecule has 0 radical (unpaired) electrons. The Hall–Kier alpha value is -0.680. The van der Waals surface area contributed by atoms with Gasteiger partial charge in [-0.25, -0.2) is 9.97 Å². The predicted molar refractivity (Wildman–Crippen MR) is 90.0 cm³/mol. The molecule has 2 fully saturated rings. The van der Waals surface area contributed by atoms with Crippen LogP contribution in [-0.2, 0) is 0 Å². The molecule has 0 amide bonds. The van der Waals surface area contributed by atoms with E-state index in [9.17, 15) is 0 Å². The highest BCUT2D eigenvalue weighted by Gasteiger charge is 2.33. The highest BCUT2D eigenvalue weighted by Crippen LogP contribution is 2.38. The summed E-state index contributed by atoms with van der Waals surface area (Å²) in [5.74, 6) is 0.880. The Balaban J connectivity index is 1.53. The van der Waals surface area contributed by atoms with E-state index in [2.05, 4.69) is 35.7 Å². The van der Waals surface area contributed by atoms with Gasteiger partial charge in [-0.3, -0.25) is 4.90 Å². The Labute approximate surface area is 136 Å². The number of nitrogens with zero attached hydrogens (tertiary/aromatic N) is 4. The number of rotatable bonds is 4. The topological polar surface area (TPSA) is 32.3 Å². The molecular formula is C16H25BrN4. The molecule has 0 spiro atoms. The van der Waals surface area contributed by atoms with Crippen molar-refractivity contribution in [2.45, 2.75) is 32.1 Å². The van der Waals surface area contributed by atoms with Crippen molar-refractivity contribution in [3.05, 3.63) is 18.5 Å². The Morgan fingerprint density at radius 1 is 1.00 bits per heavy atom. The molecule has 0 aromatic carbocycles. The molecule has 5 heteroatoms. The van der Waals surface area contributed by atoms with Gasteiger partial charge in [0.1, 0.15) is 0 Å². The van der Waals surface area contributed by atoms with E-state index in [4.69, 9.17) is 0 Å². The lowest BCUT2D eigenvalue weighted by molar-refractivity contribution is 0.121. The Bertz CT molecular complexity index is 425. The van der Waals surface area contributed by atoms with Gasteiger partial charge in [0, 0.05) is 50.4 Å². The quantitative estimate of drug-likeness (QED) is 0.779. The number of halogens is 1. The fourth-order valence-electron chi connectivity index (χ4n) is 3.67. The Morgan fingerprint density at radius 3 is 2.29 bits per heavy atom. The van der Waals surface area contributed by atoms with E-state index >= 15 is 0 Å². The largest absolute Gasteiger partial charge is 0.338 e. The van der Waals surface area contributed by atoms with E-state index in [1.54, 1.807) is 0 Å². The van der Waals surface area contributed by atoms with E-state index < -0.39 is 0 Å². The first-order valence-corrected chi connectivity index (χ1v) is 9.24. The summed E-state index contributed by atoms with van der Waals surface area (Å²) in [5.41, 5.74) is 0.518. The molecule has 1 aliphatic carbocycles. The van der Waals surface area contributed by atoms with Crippen LogP contribution < -0.4 is 4.90 Å². The van der Waals surface area contributed by atoms with Crippen LogP contribution in [-0.4, -0.2) is 52.9 Å². The van der Waals surface area contributed by atoms with Crippen molar-refractivity contribution in [1.82, 2.24) is 14.9 Å². The zero-order valence-corrected chi connectivity index (χ0v) is 14.3. The SMILES string of the molecule is BrCC1(CN2CCN(c3ncccn3)CC2)CCCCC1. The third-order valence-electron chi connectivity index (χ3n) is 4.96. The molecule has 1 aromatic rings. The fourth-order valence-corrected chi connectivity index (χ4v) is 4.41. The average Bonchev–Trinajstić information content (AvgIpc) is 2.57. The van der Waals surface area contributed by atoms with Gasteiger partial charge in [0.15, 0.2) is 0 Å². The highest BCUT2D eigenvalue weighted by molar-refractivity contribution is 9.09. The molecule has 0 atom stereocenters. The number of anilines is 1. The van der Waals surface area contributed by atoms with Gasteiger partial charge in [-0.1, -0.05) is 35.2 Å². The van der Waals surface area contributed by atoms with Crippen molar-refractivity contribution in [3.8, 4) is 0 Å². The highest BCUT2D eigenvalue weighted by atomic mass is 79.9. The molecule has 0 N–H and O–H groups in total. The Morgan fingerprint density at radius 2 is 1.67 bits per heavy atom. The molecule has 0 bridgehead atoms. The lowest BCUT2D eigenvalue weighted by Crippen LogP contribution is -2.51. The van der Waals surface area contributed by atoms with E-state index in [0.717, 1.165) is 37.5 Å². The maximum Gasteiger partial charge on any atom is 0.225 e. The van der Waals surface area contributed by atoms with Gasteiger partial charge in [0.05, 0.1) is 0 Å². The summed E-state index contributed by atoms with van der Waals surface area (Å²) in [6, 6.07) is 1.88. The third-order valence-corrected chi connectivity index (χ3v) is 6.15. The van der Waals surface area contributed by atoms with E-state index in [1.807, 2.05) is 18.5 Å². The summed E-state index contributed by atoms with van der Waals surface area (Å²) in [4.78, 5) is 13.7. The first kappa shape index (κ1) is 15.2. The van der Waals surface area contributed by atoms with Crippen LogP contribution in [0.5, 0.6) is 0 Å². The summed E-state index contributed by atoms with van der Waals surface area (Å²) in [7, 11) is 0. The van der Waals surface area contributed by atoms with Crippen molar-refractivity contribution < 1.29 is 0 Å². The minimum Gasteiger partial charge on any atom is -0.338 e. The molecular weight excluding hydrogens is 328 g/mol. The average molecular weight is 353 g/mol. The molecule has 3 rings (SSSR count). The Kier molecular flexibility index (Phi) is 5.11. The van der Waals surface area contributed by atoms with Crippen LogP contribution in [0, 0.1) is 5.41 Å². The molecule has 116 valence electrons. The second-order valence-electron chi connectivity index (χ2n) is 6.51. The van der Waals surface area contributed by atoms with Gasteiger partial charge in [-0.2, -0.15) is 0 Å². The van der Waals surface area contributed by atoms with Crippen LogP contribution in [0.2, 0.25) is 0 Å². The standard InChI is InChI=1S/C16H25BrN4/c17-13-16(5-2-1-3-6-16)14-20-9-11-21(12-10-20)15-18-7-4-8-19-15/h4,7-8H,1-3,5-6,9-14H2. The molecule has 4 nitrogen and oxygen atoms in total. The third kappa shape index (κ3) is 3.75. The second kappa shape index (κ2) is 7.05. The molecule has 1 saturated heterocycles. The first-order chi connectivity index (χ1) is 10.3. The van der Waals surface area contributed by atoms with E-state index in [-0.39, 0.29) is 0 Å². The van der Waals surface area contributed by atoms with Crippen LogP contribution in [0.4, 0.5) is 5.95 Å². The lowest BCUT2D eigenvalue weighted by Gasteiger charge is -2.43. The van der Waals surface area contributed by atoms with Crippen molar-refractivity contribution in [3.63, 3.8) is 0 Å². The molecule has 21 heavy (non-hydrogen) atoms. The molecule has 0 unspecified atom stereocenters. The summed E-state index contributed by atoms with van der Waals surface area (Å²) >= 11 is 3.79. The molecule has 2 aliphatic rings. The van der Waals surface area contributed by atoms with Crippen LogP contribution in [0.15, 0.2) is 18.5 Å². The van der Waals surface area contributed by atoms with Crippen molar-refractivity contribution in [1.29, 1.82) is 0 Å². The van der Waals surface area contributed by atoms with Crippen molar-refractivity contribution in [2.24, 2.45) is 5.41 Å². The number of hydrogen-bond donors (Lipinski definition) is 0. The normalized spacial score (nSPS) is 23.2. The monoisotopic (exact) mass is 352 g/mol. The second-order valence-corrected chi connectivity index (χ2v) is 7.07. The predicted octanol–water partition coefficient (Wildman–Crippen LogP) is 2.94. The van der Waals surface area contributed by atoms with Crippen LogP contribution >= 0.6 is 15.9 Å². The van der Waals surface area contributed by atoms with E-state index in [0.29, 0.717) is 5.41 Å². The summed E-state index contributed by atoms with van der Waals surface area (Å²) in [5, 5.41) is 1.15. The van der Waals surface area contributed by atoms with Gasteiger partial charge in [0.25, 0.3) is 0 Å². The van der Waals surface area contributed by atoms with Gasteiger partial charge >= 0.3 is 0 Å². The minimum absolute atomic E-state index is 0.518. The fraction of sp³-hybridized carbons (Fsp3) is 0.750. The van der Waals surface area contributed by atoms with Crippen LogP contribution in [0.1, 0.15) is 32.1 Å². The molecule has 2 heterocycles. The van der Waals surface area contributed by atoms with Gasteiger partial charge in [-0.15, -0.1) is 0 Å². The van der Waals surface area contributed by atoms with Gasteiger partial charge in [0.2, 0.25) is 5.95 Å². The van der Waals surface area contributed by atoms with Crippen LogP contribution in [0.3, 0.4) is 0 Å². The number of piperazine rings is 1. The van der Waals surface area contributed by atoms with E-state index in [1.165, 1.54) is 38.6 Å². The van der Waals surface area contributed by atoms with Crippen LogP contribution in [0.25, 0.3) is 0 Å². The number of hydrogen-bond acceptors (Lipinski definition) is 4. The van der Waals surface area contributed by atoms with Gasteiger partial charge in [-0.05, 0) is 24.3 Å². The summed E-state index contributed by atoms with van der Waals surface area (Å²) in [6.45, 7) is 5.60. The van der Waals surface area contributed by atoms with Crippen molar-refractivity contribution >= 4 is 21.9 Å². The smallest absolute Gasteiger partial charge is 0.225 e. The molecule has 1 aliphatic heterocycles.